The van der Waals surface area contributed by atoms with Crippen LogP contribution in [0.5, 0.6) is 0 Å². The maximum atomic E-state index is 4.66. The van der Waals surface area contributed by atoms with Crippen LogP contribution in [-0.4, -0.2) is 28.6 Å². The van der Waals surface area contributed by atoms with Gasteiger partial charge in [0.15, 0.2) is 5.65 Å². The van der Waals surface area contributed by atoms with Crippen LogP contribution in [0.1, 0.15) is 18.1 Å². The molecule has 1 aromatic carbocycles. The molecule has 21 heavy (non-hydrogen) atoms. The van der Waals surface area contributed by atoms with Crippen LogP contribution in [0.4, 0.5) is 5.95 Å². The molecule has 3 aromatic rings. The largest absolute Gasteiger partial charge is 0.348 e. The first-order chi connectivity index (χ1) is 10.2. The second-order valence-electron chi connectivity index (χ2n) is 5.42. The highest BCUT2D eigenvalue weighted by molar-refractivity contribution is 5.75. The van der Waals surface area contributed by atoms with Crippen molar-refractivity contribution < 1.29 is 0 Å². The van der Waals surface area contributed by atoms with Gasteiger partial charge in [-0.05, 0) is 23.6 Å². The first kappa shape index (κ1) is 13.6. The molecule has 4 heteroatoms. The molecule has 0 radical (unpaired) electrons. The second kappa shape index (κ2) is 5.56. The molecule has 0 aliphatic carbocycles. The third-order valence-electron chi connectivity index (χ3n) is 3.63. The summed E-state index contributed by atoms with van der Waals surface area (Å²) in [5, 5.41) is 0. The summed E-state index contributed by atoms with van der Waals surface area (Å²) in [7, 11) is 4.03. The van der Waals surface area contributed by atoms with E-state index in [1.807, 2.05) is 31.3 Å². The molecular weight excluding hydrogens is 260 g/mol. The summed E-state index contributed by atoms with van der Waals surface area (Å²) in [6.45, 7) is 2.95. The number of aryl methyl sites for hydroxylation is 1. The van der Waals surface area contributed by atoms with E-state index in [4.69, 9.17) is 0 Å². The number of nitrogens with zero attached hydrogens (tertiary/aromatic N) is 4. The van der Waals surface area contributed by atoms with Gasteiger partial charge < -0.3 is 9.47 Å². The molecule has 0 aliphatic rings. The van der Waals surface area contributed by atoms with Crippen LogP contribution in [0, 0.1) is 0 Å². The highest BCUT2D eigenvalue weighted by Gasteiger charge is 2.14. The van der Waals surface area contributed by atoms with Crippen LogP contribution in [0.25, 0.3) is 11.2 Å². The summed E-state index contributed by atoms with van der Waals surface area (Å²) >= 11 is 0. The van der Waals surface area contributed by atoms with Crippen molar-refractivity contribution in [1.29, 1.82) is 0 Å². The molecule has 4 nitrogen and oxygen atoms in total. The van der Waals surface area contributed by atoms with Gasteiger partial charge in [-0.15, -0.1) is 0 Å². The number of hydrogen-bond acceptors (Lipinski definition) is 3. The fraction of sp³-hybridized carbons (Fsp3) is 0.294. The average molecular weight is 280 g/mol. The first-order valence-corrected chi connectivity index (χ1v) is 7.25. The van der Waals surface area contributed by atoms with E-state index in [-0.39, 0.29) is 0 Å². The SMILES string of the molecule is CCc1cnc2nc(N(C)C)n(Cc3ccccc3)c2c1. The van der Waals surface area contributed by atoms with Crippen molar-refractivity contribution in [3.8, 4) is 0 Å². The van der Waals surface area contributed by atoms with Crippen molar-refractivity contribution in [1.82, 2.24) is 14.5 Å². The molecule has 0 saturated heterocycles. The highest BCUT2D eigenvalue weighted by atomic mass is 15.3. The number of hydrogen-bond donors (Lipinski definition) is 0. The lowest BCUT2D eigenvalue weighted by molar-refractivity contribution is 0.800. The quantitative estimate of drug-likeness (QED) is 0.736. The van der Waals surface area contributed by atoms with Crippen LogP contribution in [-0.2, 0) is 13.0 Å². The molecule has 0 atom stereocenters. The Morgan fingerprint density at radius 2 is 1.86 bits per heavy atom. The van der Waals surface area contributed by atoms with Crippen molar-refractivity contribution in [2.75, 3.05) is 19.0 Å². The molecule has 0 aliphatic heterocycles. The van der Waals surface area contributed by atoms with Crippen molar-refractivity contribution in [2.45, 2.75) is 19.9 Å². The number of aromatic nitrogens is 3. The van der Waals surface area contributed by atoms with Gasteiger partial charge in [0.05, 0.1) is 12.1 Å². The monoisotopic (exact) mass is 280 g/mol. The average Bonchev–Trinajstić information content (AvgIpc) is 2.86. The van der Waals surface area contributed by atoms with Crippen LogP contribution in [0.3, 0.4) is 0 Å². The Kier molecular flexibility index (Phi) is 3.60. The standard InChI is InChI=1S/C17H20N4/c1-4-13-10-15-16(18-11-13)19-17(20(2)3)21(15)12-14-8-6-5-7-9-14/h5-11H,4,12H2,1-3H3. The molecule has 2 heterocycles. The normalized spacial score (nSPS) is 11.0. The van der Waals surface area contributed by atoms with Gasteiger partial charge in [-0.1, -0.05) is 37.3 Å². The van der Waals surface area contributed by atoms with Crippen LogP contribution in [0.2, 0.25) is 0 Å². The molecule has 0 spiro atoms. The van der Waals surface area contributed by atoms with Gasteiger partial charge >= 0.3 is 0 Å². The lowest BCUT2D eigenvalue weighted by atomic mass is 10.2. The maximum Gasteiger partial charge on any atom is 0.207 e. The zero-order chi connectivity index (χ0) is 14.8. The van der Waals surface area contributed by atoms with Gasteiger partial charge in [-0.3, -0.25) is 0 Å². The fourth-order valence-electron chi connectivity index (χ4n) is 2.49. The summed E-state index contributed by atoms with van der Waals surface area (Å²) in [6.07, 6.45) is 2.90. The summed E-state index contributed by atoms with van der Waals surface area (Å²) < 4.78 is 2.23. The van der Waals surface area contributed by atoms with Gasteiger partial charge in [0.25, 0.3) is 0 Å². The number of fused-ring (bicyclic) bond motifs is 1. The molecule has 2 aromatic heterocycles. The Balaban J connectivity index is 2.14. The predicted molar refractivity (Wildman–Crippen MR) is 86.8 cm³/mol. The van der Waals surface area contributed by atoms with Crippen molar-refractivity contribution in [3.05, 3.63) is 53.7 Å². The summed E-state index contributed by atoms with van der Waals surface area (Å²) in [6, 6.07) is 12.7. The van der Waals surface area contributed by atoms with E-state index >= 15 is 0 Å². The van der Waals surface area contributed by atoms with Gasteiger partial charge in [-0.25, -0.2) is 4.98 Å². The third kappa shape index (κ3) is 2.61. The second-order valence-corrected chi connectivity index (χ2v) is 5.42. The van der Waals surface area contributed by atoms with Gasteiger partial charge in [0.1, 0.15) is 0 Å². The Hall–Kier alpha value is -2.36. The minimum atomic E-state index is 0.805. The highest BCUT2D eigenvalue weighted by Crippen LogP contribution is 2.22. The zero-order valence-electron chi connectivity index (χ0n) is 12.7. The van der Waals surface area contributed by atoms with Crippen LogP contribution in [0.15, 0.2) is 42.6 Å². The molecule has 0 saturated carbocycles. The Labute approximate surface area is 125 Å². The lowest BCUT2D eigenvalue weighted by Crippen LogP contribution is -2.16. The fourth-order valence-corrected chi connectivity index (χ4v) is 2.49. The van der Waals surface area contributed by atoms with E-state index in [1.54, 1.807) is 0 Å². The molecule has 3 rings (SSSR count). The molecule has 0 N–H and O–H groups in total. The molecule has 0 amide bonds. The smallest absolute Gasteiger partial charge is 0.207 e. The maximum absolute atomic E-state index is 4.66. The number of rotatable bonds is 4. The molecule has 0 bridgehead atoms. The van der Waals surface area contributed by atoms with E-state index in [9.17, 15) is 0 Å². The first-order valence-electron chi connectivity index (χ1n) is 7.25. The Bertz CT molecular complexity index is 744. The number of anilines is 1. The van der Waals surface area contributed by atoms with E-state index in [0.29, 0.717) is 0 Å². The summed E-state index contributed by atoms with van der Waals surface area (Å²) in [5.41, 5.74) is 4.41. The summed E-state index contributed by atoms with van der Waals surface area (Å²) in [5.74, 6) is 0.939. The predicted octanol–water partition coefficient (Wildman–Crippen LogP) is 3.11. The van der Waals surface area contributed by atoms with E-state index < -0.39 is 0 Å². The van der Waals surface area contributed by atoms with Crippen molar-refractivity contribution in [3.63, 3.8) is 0 Å². The summed E-state index contributed by atoms with van der Waals surface area (Å²) in [4.78, 5) is 11.2. The van der Waals surface area contributed by atoms with E-state index in [1.165, 1.54) is 11.1 Å². The van der Waals surface area contributed by atoms with Crippen LogP contribution < -0.4 is 4.90 Å². The van der Waals surface area contributed by atoms with Gasteiger partial charge in [0.2, 0.25) is 5.95 Å². The van der Waals surface area contributed by atoms with Crippen LogP contribution >= 0.6 is 0 Å². The molecule has 0 unspecified atom stereocenters. The lowest BCUT2D eigenvalue weighted by Gasteiger charge is -2.15. The van der Waals surface area contributed by atoms with E-state index in [2.05, 4.69) is 51.8 Å². The Morgan fingerprint density at radius 1 is 1.10 bits per heavy atom. The number of benzene rings is 1. The third-order valence-corrected chi connectivity index (χ3v) is 3.63. The molecule has 0 fully saturated rings. The van der Waals surface area contributed by atoms with Crippen molar-refractivity contribution >= 4 is 17.1 Å². The molecule has 108 valence electrons. The van der Waals surface area contributed by atoms with Gasteiger partial charge in [-0.2, -0.15) is 4.98 Å². The van der Waals surface area contributed by atoms with Crippen molar-refractivity contribution in [2.24, 2.45) is 0 Å². The zero-order valence-corrected chi connectivity index (χ0v) is 12.7. The topological polar surface area (TPSA) is 34.0 Å². The Morgan fingerprint density at radius 3 is 2.52 bits per heavy atom. The van der Waals surface area contributed by atoms with E-state index in [0.717, 1.165) is 30.1 Å². The number of imidazole rings is 1. The minimum Gasteiger partial charge on any atom is -0.348 e. The number of pyridine rings is 1. The molecular formula is C17H20N4. The minimum absolute atomic E-state index is 0.805. The van der Waals surface area contributed by atoms with Gasteiger partial charge in [0, 0.05) is 20.3 Å².